The van der Waals surface area contributed by atoms with Crippen LogP contribution in [0.1, 0.15) is 37.2 Å². The van der Waals surface area contributed by atoms with Crippen molar-refractivity contribution < 1.29 is 14.7 Å². The van der Waals surface area contributed by atoms with E-state index in [4.69, 9.17) is 0 Å². The van der Waals surface area contributed by atoms with Crippen molar-refractivity contribution in [2.75, 3.05) is 4.90 Å². The quantitative estimate of drug-likeness (QED) is 0.779. The second kappa shape index (κ2) is 6.72. The number of halogens is 1. The summed E-state index contributed by atoms with van der Waals surface area (Å²) in [6, 6.07) is 14.4. The molecule has 2 aromatic carbocycles. The number of ketones is 1. The van der Waals surface area contributed by atoms with Gasteiger partial charge in [0, 0.05) is 40.2 Å². The molecule has 26 heavy (non-hydrogen) atoms. The van der Waals surface area contributed by atoms with Crippen molar-refractivity contribution in [3.8, 4) is 5.75 Å². The molecule has 4 nitrogen and oxygen atoms in total. The molecule has 0 radical (unpaired) electrons. The van der Waals surface area contributed by atoms with E-state index in [2.05, 4.69) is 15.9 Å². The molecule has 0 aromatic heterocycles. The van der Waals surface area contributed by atoms with Gasteiger partial charge in [-0.1, -0.05) is 34.1 Å². The fourth-order valence-electron chi connectivity index (χ4n) is 3.90. The highest BCUT2D eigenvalue weighted by Gasteiger charge is 2.39. The number of carbonyl (C=O) groups excluding carboxylic acids is 2. The van der Waals surface area contributed by atoms with Gasteiger partial charge in [-0.3, -0.25) is 14.5 Å². The third-order valence-corrected chi connectivity index (χ3v) is 5.53. The van der Waals surface area contributed by atoms with Crippen LogP contribution in [0.4, 0.5) is 5.69 Å². The lowest BCUT2D eigenvalue weighted by Crippen LogP contribution is -2.40. The predicted octanol–water partition coefficient (Wildman–Crippen LogP) is 4.68. The lowest BCUT2D eigenvalue weighted by Gasteiger charge is -2.38. The number of nitrogens with zero attached hydrogens (tertiary/aromatic N) is 1. The molecule has 132 valence electrons. The first-order valence-electron chi connectivity index (χ1n) is 8.68. The standard InChI is InChI=1S/C21H18BrNO3/c22-14-3-1-4-15(11-14)23-18-5-2-6-19(25)21(18)17(12-20(23)26)13-7-9-16(24)10-8-13/h1,3-4,7-11,17,24H,2,5-6,12H2. The first-order valence-corrected chi connectivity index (χ1v) is 9.47. The fourth-order valence-corrected chi connectivity index (χ4v) is 4.29. The zero-order valence-corrected chi connectivity index (χ0v) is 15.7. The molecule has 1 heterocycles. The summed E-state index contributed by atoms with van der Waals surface area (Å²) in [6.07, 6.45) is 2.25. The minimum absolute atomic E-state index is 0.00498. The van der Waals surface area contributed by atoms with Crippen molar-refractivity contribution in [2.24, 2.45) is 0 Å². The Morgan fingerprint density at radius 2 is 1.81 bits per heavy atom. The molecule has 0 fully saturated rings. The molecule has 5 heteroatoms. The van der Waals surface area contributed by atoms with Crippen molar-refractivity contribution in [1.82, 2.24) is 0 Å². The molecule has 1 aliphatic carbocycles. The molecule has 2 aromatic rings. The van der Waals surface area contributed by atoms with E-state index in [1.54, 1.807) is 29.2 Å². The van der Waals surface area contributed by atoms with E-state index in [0.29, 0.717) is 12.8 Å². The number of anilines is 1. The van der Waals surface area contributed by atoms with Crippen LogP contribution in [-0.4, -0.2) is 16.8 Å². The Bertz CT molecular complexity index is 917. The number of amides is 1. The van der Waals surface area contributed by atoms with E-state index in [1.807, 2.05) is 24.3 Å². The van der Waals surface area contributed by atoms with Gasteiger partial charge in [0.25, 0.3) is 0 Å². The van der Waals surface area contributed by atoms with Crippen LogP contribution in [0.5, 0.6) is 5.75 Å². The van der Waals surface area contributed by atoms with Crippen LogP contribution in [0.15, 0.2) is 64.3 Å². The SMILES string of the molecule is O=C1CCCC2=C1C(c1ccc(O)cc1)CC(=O)N2c1cccc(Br)c1. The number of allylic oxidation sites excluding steroid dienone is 2. The van der Waals surface area contributed by atoms with Crippen molar-refractivity contribution in [3.05, 3.63) is 69.8 Å². The van der Waals surface area contributed by atoms with Crippen molar-refractivity contribution in [1.29, 1.82) is 0 Å². The average Bonchev–Trinajstić information content (AvgIpc) is 2.62. The minimum Gasteiger partial charge on any atom is -0.508 e. The van der Waals surface area contributed by atoms with E-state index >= 15 is 0 Å². The molecular weight excluding hydrogens is 394 g/mol. The molecule has 2 aliphatic rings. The van der Waals surface area contributed by atoms with Crippen LogP contribution in [0.2, 0.25) is 0 Å². The molecule has 1 aliphatic heterocycles. The van der Waals surface area contributed by atoms with Gasteiger partial charge in [-0.25, -0.2) is 0 Å². The van der Waals surface area contributed by atoms with Crippen LogP contribution in [0.25, 0.3) is 0 Å². The summed E-state index contributed by atoms with van der Waals surface area (Å²) in [5.74, 6) is 0.0524. The van der Waals surface area contributed by atoms with E-state index in [-0.39, 0.29) is 29.8 Å². The zero-order valence-electron chi connectivity index (χ0n) is 14.1. The van der Waals surface area contributed by atoms with Crippen LogP contribution < -0.4 is 4.90 Å². The largest absolute Gasteiger partial charge is 0.508 e. The van der Waals surface area contributed by atoms with E-state index in [1.165, 1.54) is 0 Å². The molecular formula is C21H18BrNO3. The number of phenolic OH excluding ortho intramolecular Hbond substituents is 1. The summed E-state index contributed by atoms with van der Waals surface area (Å²) in [4.78, 5) is 27.5. The molecule has 1 amide bonds. The first-order chi connectivity index (χ1) is 12.5. The number of phenols is 1. The van der Waals surface area contributed by atoms with Gasteiger partial charge in [-0.2, -0.15) is 0 Å². The summed E-state index contributed by atoms with van der Waals surface area (Å²) >= 11 is 3.46. The maximum atomic E-state index is 13.0. The molecule has 0 spiro atoms. The van der Waals surface area contributed by atoms with Gasteiger partial charge in [-0.05, 0) is 48.7 Å². The number of Topliss-reactive ketones (excluding diaryl/α,β-unsaturated/α-hetero) is 1. The predicted molar refractivity (Wildman–Crippen MR) is 103 cm³/mol. The average molecular weight is 412 g/mol. The Hall–Kier alpha value is -2.40. The fraction of sp³-hybridized carbons (Fsp3) is 0.238. The summed E-state index contributed by atoms with van der Waals surface area (Å²) in [5.41, 5.74) is 3.26. The van der Waals surface area contributed by atoms with Gasteiger partial charge in [0.2, 0.25) is 5.91 Å². The van der Waals surface area contributed by atoms with Crippen LogP contribution >= 0.6 is 15.9 Å². The van der Waals surface area contributed by atoms with Gasteiger partial charge in [0.15, 0.2) is 5.78 Å². The van der Waals surface area contributed by atoms with Crippen LogP contribution in [0.3, 0.4) is 0 Å². The van der Waals surface area contributed by atoms with Gasteiger partial charge >= 0.3 is 0 Å². The molecule has 0 saturated heterocycles. The van der Waals surface area contributed by atoms with Gasteiger partial charge in [-0.15, -0.1) is 0 Å². The number of carbonyl (C=O) groups is 2. The molecule has 4 rings (SSSR count). The van der Waals surface area contributed by atoms with Gasteiger partial charge < -0.3 is 5.11 Å². The van der Waals surface area contributed by atoms with Crippen LogP contribution in [0, 0.1) is 0 Å². The number of hydrogen-bond acceptors (Lipinski definition) is 3. The molecule has 0 saturated carbocycles. The van der Waals surface area contributed by atoms with Gasteiger partial charge in [0.1, 0.15) is 5.75 Å². The highest BCUT2D eigenvalue weighted by molar-refractivity contribution is 9.10. The first kappa shape index (κ1) is 17.0. The highest BCUT2D eigenvalue weighted by atomic mass is 79.9. The number of hydrogen-bond donors (Lipinski definition) is 1. The van der Waals surface area contributed by atoms with Crippen LogP contribution in [-0.2, 0) is 9.59 Å². The third kappa shape index (κ3) is 2.97. The molecule has 0 bridgehead atoms. The Kier molecular flexibility index (Phi) is 4.41. The van der Waals surface area contributed by atoms with E-state index in [9.17, 15) is 14.7 Å². The molecule has 1 unspecified atom stereocenters. The monoisotopic (exact) mass is 411 g/mol. The Balaban J connectivity index is 1.85. The third-order valence-electron chi connectivity index (χ3n) is 5.04. The van der Waals surface area contributed by atoms with Crippen molar-refractivity contribution >= 4 is 33.3 Å². The van der Waals surface area contributed by atoms with Gasteiger partial charge in [0.05, 0.1) is 0 Å². The summed E-state index contributed by atoms with van der Waals surface area (Å²) in [7, 11) is 0. The highest BCUT2D eigenvalue weighted by Crippen LogP contribution is 2.43. The normalized spacial score (nSPS) is 20.3. The molecule has 1 atom stereocenters. The topological polar surface area (TPSA) is 57.6 Å². The zero-order chi connectivity index (χ0) is 18.3. The van der Waals surface area contributed by atoms with E-state index in [0.717, 1.165) is 33.4 Å². The van der Waals surface area contributed by atoms with Crippen molar-refractivity contribution in [2.45, 2.75) is 31.6 Å². The number of aromatic hydroxyl groups is 1. The number of benzene rings is 2. The lowest BCUT2D eigenvalue weighted by atomic mass is 9.77. The maximum Gasteiger partial charge on any atom is 0.232 e. The summed E-state index contributed by atoms with van der Waals surface area (Å²) in [5, 5.41) is 9.55. The summed E-state index contributed by atoms with van der Waals surface area (Å²) in [6.45, 7) is 0. The Labute approximate surface area is 160 Å². The Morgan fingerprint density at radius 1 is 1.04 bits per heavy atom. The van der Waals surface area contributed by atoms with Crippen molar-refractivity contribution in [3.63, 3.8) is 0 Å². The number of rotatable bonds is 2. The second-order valence-corrected chi connectivity index (χ2v) is 7.61. The molecule has 1 N–H and O–H groups in total. The minimum atomic E-state index is -0.241. The van der Waals surface area contributed by atoms with E-state index < -0.39 is 0 Å². The lowest BCUT2D eigenvalue weighted by molar-refractivity contribution is -0.119. The summed E-state index contributed by atoms with van der Waals surface area (Å²) < 4.78 is 0.896. The smallest absolute Gasteiger partial charge is 0.232 e. The second-order valence-electron chi connectivity index (χ2n) is 6.69. The Morgan fingerprint density at radius 3 is 2.54 bits per heavy atom. The maximum absolute atomic E-state index is 13.0.